The number of benzene rings is 2. The number of hydrogen-bond donors (Lipinski definition) is 2. The molecule has 2 aromatic carbocycles. The van der Waals surface area contributed by atoms with Crippen molar-refractivity contribution in [3.05, 3.63) is 70.3 Å². The highest BCUT2D eigenvalue weighted by Gasteiger charge is 2.41. The van der Waals surface area contributed by atoms with Crippen LogP contribution in [0.2, 0.25) is 0 Å². The van der Waals surface area contributed by atoms with E-state index in [9.17, 15) is 14.9 Å². The van der Waals surface area contributed by atoms with Gasteiger partial charge in [0, 0.05) is 19.3 Å². The van der Waals surface area contributed by atoms with E-state index in [-0.39, 0.29) is 17.3 Å². The van der Waals surface area contributed by atoms with Crippen LogP contribution in [0.25, 0.3) is 0 Å². The maximum Gasteiger partial charge on any atom is 0.294 e. The van der Waals surface area contributed by atoms with E-state index < -0.39 is 10.3 Å². The molecule has 0 unspecified atom stereocenters. The Balaban J connectivity index is 1.82. The monoisotopic (exact) mass is 341 g/mol. The van der Waals surface area contributed by atoms with Gasteiger partial charge in [0.2, 0.25) is 5.91 Å². The Morgan fingerprint density at radius 3 is 2.36 bits per heavy atom. The van der Waals surface area contributed by atoms with Crippen LogP contribution < -0.4 is 10.9 Å². The fraction of sp³-hybridized carbons (Fsp3) is 0.278. The van der Waals surface area contributed by atoms with E-state index in [1.54, 1.807) is 18.2 Å². The molecule has 0 aromatic heterocycles. The number of nitro groups is 1. The first-order valence-corrected chi connectivity index (χ1v) is 8.07. The van der Waals surface area contributed by atoms with Crippen molar-refractivity contribution < 1.29 is 14.5 Å². The number of amides is 1. The first-order chi connectivity index (χ1) is 12.1. The standard InChI is InChI=1S/C18H19N3O4/c22-17(20-19-15-8-4-5-9-16(15)21(23)24)18(10-12-25-13-11-18)14-6-2-1-3-7-14/h1-9,19H,10-13H2,(H,20,22). The average molecular weight is 341 g/mol. The predicted molar refractivity (Wildman–Crippen MR) is 93.0 cm³/mol. The van der Waals surface area contributed by atoms with Gasteiger partial charge in [-0.25, -0.2) is 0 Å². The van der Waals surface area contributed by atoms with E-state index in [0.29, 0.717) is 26.1 Å². The number of hydrogen-bond acceptors (Lipinski definition) is 5. The van der Waals surface area contributed by atoms with Gasteiger partial charge in [0.05, 0.1) is 10.3 Å². The number of carbonyl (C=O) groups excluding carboxylic acids is 1. The molecule has 1 fully saturated rings. The summed E-state index contributed by atoms with van der Waals surface area (Å²) in [7, 11) is 0. The Morgan fingerprint density at radius 1 is 1.04 bits per heavy atom. The number of rotatable bonds is 5. The summed E-state index contributed by atoms with van der Waals surface area (Å²) >= 11 is 0. The molecule has 0 saturated carbocycles. The molecule has 0 atom stereocenters. The van der Waals surface area contributed by atoms with E-state index in [4.69, 9.17) is 4.74 Å². The van der Waals surface area contributed by atoms with Gasteiger partial charge in [-0.05, 0) is 24.5 Å². The molecule has 0 aliphatic carbocycles. The minimum Gasteiger partial charge on any atom is -0.381 e. The Hall–Kier alpha value is -2.93. The molecule has 1 saturated heterocycles. The third kappa shape index (κ3) is 3.46. The highest BCUT2D eigenvalue weighted by molar-refractivity contribution is 5.89. The average Bonchev–Trinajstić information content (AvgIpc) is 2.67. The van der Waals surface area contributed by atoms with Gasteiger partial charge in [-0.1, -0.05) is 42.5 Å². The number of para-hydroxylation sites is 2. The van der Waals surface area contributed by atoms with Crippen molar-refractivity contribution in [2.45, 2.75) is 18.3 Å². The van der Waals surface area contributed by atoms with Crippen LogP contribution in [0, 0.1) is 10.1 Å². The van der Waals surface area contributed by atoms with Crippen LogP contribution in [-0.2, 0) is 14.9 Å². The Kier molecular flexibility index (Phi) is 4.95. The number of anilines is 1. The van der Waals surface area contributed by atoms with Gasteiger partial charge in [0.15, 0.2) is 0 Å². The van der Waals surface area contributed by atoms with Crippen molar-refractivity contribution >= 4 is 17.3 Å². The zero-order valence-electron chi connectivity index (χ0n) is 13.6. The summed E-state index contributed by atoms with van der Waals surface area (Å²) in [6.45, 7) is 0.988. The van der Waals surface area contributed by atoms with Crippen molar-refractivity contribution in [1.29, 1.82) is 0 Å². The second-order valence-corrected chi connectivity index (χ2v) is 5.91. The molecule has 1 aliphatic heterocycles. The van der Waals surface area contributed by atoms with Gasteiger partial charge >= 0.3 is 0 Å². The number of nitrogens with one attached hydrogen (secondary N) is 2. The lowest BCUT2D eigenvalue weighted by Gasteiger charge is -2.36. The van der Waals surface area contributed by atoms with Crippen molar-refractivity contribution in [2.24, 2.45) is 0 Å². The number of hydrazine groups is 1. The molecule has 7 heteroatoms. The van der Waals surface area contributed by atoms with Gasteiger partial charge in [-0.15, -0.1) is 0 Å². The normalized spacial score (nSPS) is 16.0. The minimum absolute atomic E-state index is 0.0939. The Labute approximate surface area is 145 Å². The third-order valence-electron chi connectivity index (χ3n) is 4.52. The third-order valence-corrected chi connectivity index (χ3v) is 4.52. The van der Waals surface area contributed by atoms with Gasteiger partial charge in [0.1, 0.15) is 5.69 Å². The first-order valence-electron chi connectivity index (χ1n) is 8.07. The van der Waals surface area contributed by atoms with Gasteiger partial charge in [-0.2, -0.15) is 0 Å². The number of nitro benzene ring substituents is 1. The zero-order valence-corrected chi connectivity index (χ0v) is 13.6. The highest BCUT2D eigenvalue weighted by Crippen LogP contribution is 2.35. The van der Waals surface area contributed by atoms with Crippen LogP contribution >= 0.6 is 0 Å². The van der Waals surface area contributed by atoms with E-state index >= 15 is 0 Å². The molecule has 130 valence electrons. The Bertz CT molecular complexity index is 758. The van der Waals surface area contributed by atoms with Gasteiger partial charge < -0.3 is 4.74 Å². The lowest BCUT2D eigenvalue weighted by atomic mass is 9.73. The molecular weight excluding hydrogens is 322 g/mol. The topological polar surface area (TPSA) is 93.5 Å². The van der Waals surface area contributed by atoms with Crippen molar-refractivity contribution in [3.8, 4) is 0 Å². The molecule has 2 N–H and O–H groups in total. The van der Waals surface area contributed by atoms with E-state index in [2.05, 4.69) is 10.9 Å². The molecule has 2 aromatic rings. The van der Waals surface area contributed by atoms with Gasteiger partial charge in [-0.3, -0.25) is 25.8 Å². The van der Waals surface area contributed by atoms with E-state index in [1.165, 1.54) is 6.07 Å². The van der Waals surface area contributed by atoms with Crippen LogP contribution in [0.4, 0.5) is 11.4 Å². The minimum atomic E-state index is -0.712. The van der Waals surface area contributed by atoms with Crippen LogP contribution in [0.15, 0.2) is 54.6 Å². The van der Waals surface area contributed by atoms with Crippen molar-refractivity contribution in [2.75, 3.05) is 18.6 Å². The smallest absolute Gasteiger partial charge is 0.294 e. The van der Waals surface area contributed by atoms with E-state index in [0.717, 1.165) is 5.56 Å². The van der Waals surface area contributed by atoms with Crippen molar-refractivity contribution in [3.63, 3.8) is 0 Å². The molecule has 1 heterocycles. The number of nitrogens with zero attached hydrogens (tertiary/aromatic N) is 1. The Morgan fingerprint density at radius 2 is 1.68 bits per heavy atom. The second kappa shape index (κ2) is 7.31. The van der Waals surface area contributed by atoms with Crippen LogP contribution in [0.3, 0.4) is 0 Å². The molecule has 0 bridgehead atoms. The molecule has 0 radical (unpaired) electrons. The first kappa shape index (κ1) is 16.9. The highest BCUT2D eigenvalue weighted by atomic mass is 16.6. The summed E-state index contributed by atoms with van der Waals surface area (Å²) in [5.41, 5.74) is 5.72. The maximum absolute atomic E-state index is 13.0. The molecule has 0 spiro atoms. The van der Waals surface area contributed by atoms with Crippen LogP contribution in [0.5, 0.6) is 0 Å². The summed E-state index contributed by atoms with van der Waals surface area (Å²) in [5.74, 6) is -0.222. The van der Waals surface area contributed by atoms with Crippen LogP contribution in [0.1, 0.15) is 18.4 Å². The lowest BCUT2D eigenvalue weighted by molar-refractivity contribution is -0.384. The fourth-order valence-corrected chi connectivity index (χ4v) is 3.11. The summed E-state index contributed by atoms with van der Waals surface area (Å²) < 4.78 is 5.42. The maximum atomic E-state index is 13.0. The molecule has 7 nitrogen and oxygen atoms in total. The largest absolute Gasteiger partial charge is 0.381 e. The summed E-state index contributed by atoms with van der Waals surface area (Å²) in [6.07, 6.45) is 1.11. The quantitative estimate of drug-likeness (QED) is 0.644. The summed E-state index contributed by atoms with van der Waals surface area (Å²) in [5, 5.41) is 11.1. The van der Waals surface area contributed by atoms with Crippen molar-refractivity contribution in [1.82, 2.24) is 5.43 Å². The molecule has 1 aliphatic rings. The van der Waals surface area contributed by atoms with E-state index in [1.807, 2.05) is 30.3 Å². The number of ether oxygens (including phenoxy) is 1. The molecule has 25 heavy (non-hydrogen) atoms. The second-order valence-electron chi connectivity index (χ2n) is 5.91. The fourth-order valence-electron chi connectivity index (χ4n) is 3.11. The molecule has 3 rings (SSSR count). The molecular formula is C18H19N3O4. The van der Waals surface area contributed by atoms with Gasteiger partial charge in [0.25, 0.3) is 5.69 Å². The summed E-state index contributed by atoms with van der Waals surface area (Å²) in [6, 6.07) is 15.7. The summed E-state index contributed by atoms with van der Waals surface area (Å²) in [4.78, 5) is 23.6. The zero-order chi connectivity index (χ0) is 17.7. The van der Waals surface area contributed by atoms with Crippen LogP contribution in [-0.4, -0.2) is 24.0 Å². The molecule has 1 amide bonds. The SMILES string of the molecule is O=C(NNc1ccccc1[N+](=O)[O-])C1(c2ccccc2)CCOCC1. The lowest BCUT2D eigenvalue weighted by Crippen LogP contribution is -2.49. The predicted octanol–water partition coefficient (Wildman–Crippen LogP) is 2.79. The number of carbonyl (C=O) groups is 1.